The van der Waals surface area contributed by atoms with Crippen LogP contribution in [-0.4, -0.2) is 38.2 Å². The molecule has 4 rings (SSSR count). The topological polar surface area (TPSA) is 33.6 Å². The van der Waals surface area contributed by atoms with E-state index < -0.39 is 0 Å². The van der Waals surface area contributed by atoms with Crippen molar-refractivity contribution in [2.24, 2.45) is 4.99 Å². The summed E-state index contributed by atoms with van der Waals surface area (Å²) in [6.45, 7) is 5.45. The number of fused-ring (bicyclic) bond motifs is 1. The van der Waals surface area contributed by atoms with E-state index in [4.69, 9.17) is 21.3 Å². The molecular formula is C22H27ClN3O+. The number of nitrogens with zero attached hydrogens (tertiary/aromatic N) is 2. The summed E-state index contributed by atoms with van der Waals surface area (Å²) in [7, 11) is 2.33. The summed E-state index contributed by atoms with van der Waals surface area (Å²) in [4.78, 5) is 5.09. The van der Waals surface area contributed by atoms with E-state index in [1.54, 1.807) is 0 Å². The zero-order valence-electron chi connectivity index (χ0n) is 16.0. The van der Waals surface area contributed by atoms with Crippen LogP contribution in [0.3, 0.4) is 0 Å². The van der Waals surface area contributed by atoms with Crippen LogP contribution in [0.5, 0.6) is 0 Å². The summed E-state index contributed by atoms with van der Waals surface area (Å²) < 4.78 is 6.56. The molecule has 2 aliphatic heterocycles. The van der Waals surface area contributed by atoms with E-state index in [2.05, 4.69) is 49.6 Å². The van der Waals surface area contributed by atoms with Gasteiger partial charge < -0.3 is 10.1 Å². The van der Waals surface area contributed by atoms with E-state index in [9.17, 15) is 0 Å². The number of anilines is 1. The van der Waals surface area contributed by atoms with Crippen LogP contribution >= 0.6 is 11.6 Å². The lowest BCUT2D eigenvalue weighted by atomic mass is 9.81. The molecule has 1 fully saturated rings. The lowest BCUT2D eigenvalue weighted by molar-refractivity contribution is 0.0201. The minimum Gasteiger partial charge on any atom is -0.381 e. The van der Waals surface area contributed by atoms with E-state index in [1.165, 1.54) is 11.3 Å². The quantitative estimate of drug-likeness (QED) is 0.766. The maximum Gasteiger partial charge on any atom is 0.166 e. The largest absolute Gasteiger partial charge is 0.381 e. The van der Waals surface area contributed by atoms with Gasteiger partial charge >= 0.3 is 0 Å². The number of aliphatic imine (C=N–C) groups is 1. The van der Waals surface area contributed by atoms with E-state index in [0.29, 0.717) is 6.54 Å². The molecule has 1 unspecified atom stereocenters. The standard InChI is InChI=1S/C22H27ClN3O/c1-3-26(2)20-10-9-18(23)15-19(20)25-21(22(26)11-13-27-14-12-22)24-16-17-7-5-4-6-8-17/h4-10,15H,3,11-14,16H2,1-2H3,(H,24,25)/q+1. The van der Waals surface area contributed by atoms with E-state index >= 15 is 0 Å². The highest BCUT2D eigenvalue weighted by Crippen LogP contribution is 2.47. The number of halogens is 1. The molecule has 2 aromatic carbocycles. The first kappa shape index (κ1) is 18.5. The van der Waals surface area contributed by atoms with Crippen LogP contribution in [0.25, 0.3) is 0 Å². The highest BCUT2D eigenvalue weighted by atomic mass is 35.5. The Balaban J connectivity index is 1.83. The number of rotatable bonds is 3. The van der Waals surface area contributed by atoms with Crippen molar-refractivity contribution in [2.45, 2.75) is 31.8 Å². The molecule has 27 heavy (non-hydrogen) atoms. The monoisotopic (exact) mass is 384 g/mol. The third-order valence-electron chi connectivity index (χ3n) is 6.34. The van der Waals surface area contributed by atoms with E-state index in [1.807, 2.05) is 18.2 Å². The first-order valence-electron chi connectivity index (χ1n) is 9.68. The number of likely N-dealkylation sites (N-methyl/N-ethyl adjacent to an activating group) is 1. The van der Waals surface area contributed by atoms with Crippen LogP contribution < -0.4 is 9.80 Å². The van der Waals surface area contributed by atoms with Crippen LogP contribution in [0.15, 0.2) is 53.5 Å². The molecule has 2 aliphatic rings. The molecule has 142 valence electrons. The second-order valence-electron chi connectivity index (χ2n) is 7.59. The van der Waals surface area contributed by atoms with Crippen molar-refractivity contribution >= 4 is 28.8 Å². The summed E-state index contributed by atoms with van der Waals surface area (Å²) in [6, 6.07) is 16.6. The Morgan fingerprint density at radius 1 is 1.15 bits per heavy atom. The van der Waals surface area contributed by atoms with E-state index in [0.717, 1.165) is 53.6 Å². The number of hydrogen-bond donors (Lipinski definition) is 1. The first-order valence-corrected chi connectivity index (χ1v) is 10.1. The smallest absolute Gasteiger partial charge is 0.166 e. The van der Waals surface area contributed by atoms with Gasteiger partial charge in [0.15, 0.2) is 17.1 Å². The second-order valence-corrected chi connectivity index (χ2v) is 8.02. The van der Waals surface area contributed by atoms with Gasteiger partial charge in [0, 0.05) is 23.9 Å². The number of quaternary nitrogens is 1. The summed E-state index contributed by atoms with van der Waals surface area (Å²) in [5, 5.41) is 4.40. The van der Waals surface area contributed by atoms with Gasteiger partial charge in [-0.25, -0.2) is 0 Å². The molecule has 0 radical (unpaired) electrons. The molecule has 2 heterocycles. The predicted molar refractivity (Wildman–Crippen MR) is 114 cm³/mol. The van der Waals surface area contributed by atoms with Gasteiger partial charge in [0.05, 0.1) is 33.4 Å². The van der Waals surface area contributed by atoms with Crippen molar-refractivity contribution in [3.8, 4) is 0 Å². The molecular weight excluding hydrogens is 358 g/mol. The third-order valence-corrected chi connectivity index (χ3v) is 6.58. The van der Waals surface area contributed by atoms with Gasteiger partial charge in [-0.2, -0.15) is 0 Å². The molecule has 1 atom stereocenters. The average Bonchev–Trinajstić information content (AvgIpc) is 2.71. The summed E-state index contributed by atoms with van der Waals surface area (Å²) >= 11 is 6.30. The molecule has 0 amide bonds. The fraction of sp³-hybridized carbons (Fsp3) is 0.409. The number of benzene rings is 2. The van der Waals surface area contributed by atoms with E-state index in [-0.39, 0.29) is 5.54 Å². The summed E-state index contributed by atoms with van der Waals surface area (Å²) in [5.41, 5.74) is 3.47. The van der Waals surface area contributed by atoms with Gasteiger partial charge in [0.25, 0.3) is 0 Å². The van der Waals surface area contributed by atoms with Gasteiger partial charge in [-0.3, -0.25) is 9.48 Å². The molecule has 0 bridgehead atoms. The van der Waals surface area contributed by atoms with Gasteiger partial charge in [-0.05, 0) is 24.6 Å². The van der Waals surface area contributed by atoms with Gasteiger partial charge in [0.1, 0.15) is 5.69 Å². The lowest BCUT2D eigenvalue weighted by Crippen LogP contribution is -2.72. The highest BCUT2D eigenvalue weighted by molar-refractivity contribution is 6.31. The maximum atomic E-state index is 6.30. The molecule has 1 saturated heterocycles. The van der Waals surface area contributed by atoms with Crippen LogP contribution in [0.4, 0.5) is 11.4 Å². The summed E-state index contributed by atoms with van der Waals surface area (Å²) in [5.74, 6) is 1.06. The third kappa shape index (κ3) is 3.06. The Morgan fingerprint density at radius 3 is 2.59 bits per heavy atom. The van der Waals surface area contributed by atoms with Crippen LogP contribution in [0.2, 0.25) is 5.02 Å². The number of amidine groups is 1. The number of ether oxygens (including phenoxy) is 1. The Bertz CT molecular complexity index is 846. The highest BCUT2D eigenvalue weighted by Gasteiger charge is 2.57. The van der Waals surface area contributed by atoms with Crippen molar-refractivity contribution in [2.75, 3.05) is 32.1 Å². The Hall–Kier alpha value is -1.88. The van der Waals surface area contributed by atoms with Crippen molar-refractivity contribution < 1.29 is 4.74 Å². The maximum absolute atomic E-state index is 6.30. The average molecular weight is 385 g/mol. The lowest BCUT2D eigenvalue weighted by Gasteiger charge is -2.55. The van der Waals surface area contributed by atoms with Gasteiger partial charge in [0.2, 0.25) is 0 Å². The minimum absolute atomic E-state index is 0.0946. The molecule has 5 heteroatoms. The Morgan fingerprint density at radius 2 is 1.89 bits per heavy atom. The fourth-order valence-electron chi connectivity index (χ4n) is 4.60. The minimum atomic E-state index is -0.0946. The summed E-state index contributed by atoms with van der Waals surface area (Å²) in [6.07, 6.45) is 1.92. The first-order chi connectivity index (χ1) is 13.1. The molecule has 1 N–H and O–H groups in total. The van der Waals surface area contributed by atoms with Crippen LogP contribution in [0.1, 0.15) is 25.3 Å². The molecule has 4 nitrogen and oxygen atoms in total. The predicted octanol–water partition coefficient (Wildman–Crippen LogP) is 4.87. The SMILES string of the molecule is CC[N+]1(C)c2ccc(Cl)cc2NC(=NCc2ccccc2)C12CCOCC2. The molecule has 2 aromatic rings. The normalized spacial score (nSPS) is 25.2. The fourth-order valence-corrected chi connectivity index (χ4v) is 4.77. The van der Waals surface area contributed by atoms with Crippen molar-refractivity contribution in [1.82, 2.24) is 4.48 Å². The second kappa shape index (κ2) is 7.27. The van der Waals surface area contributed by atoms with Gasteiger partial charge in [-0.1, -0.05) is 41.9 Å². The molecule has 0 aromatic heterocycles. The van der Waals surface area contributed by atoms with Crippen LogP contribution in [-0.2, 0) is 11.3 Å². The Labute approximate surface area is 166 Å². The Kier molecular flexibility index (Phi) is 4.97. The van der Waals surface area contributed by atoms with Gasteiger partial charge in [-0.15, -0.1) is 0 Å². The van der Waals surface area contributed by atoms with Crippen molar-refractivity contribution in [1.29, 1.82) is 0 Å². The number of hydrogen-bond acceptors (Lipinski definition) is 2. The zero-order valence-corrected chi connectivity index (χ0v) is 16.8. The zero-order chi connectivity index (χ0) is 18.9. The van der Waals surface area contributed by atoms with Crippen molar-refractivity contribution in [3.05, 3.63) is 59.1 Å². The van der Waals surface area contributed by atoms with Crippen molar-refractivity contribution in [3.63, 3.8) is 0 Å². The number of nitrogens with one attached hydrogen (secondary N) is 1. The van der Waals surface area contributed by atoms with Crippen LogP contribution in [0, 0.1) is 0 Å². The molecule has 0 aliphatic carbocycles. The molecule has 1 spiro atoms. The molecule has 0 saturated carbocycles.